The zero-order valence-corrected chi connectivity index (χ0v) is 12.8. The predicted molar refractivity (Wildman–Crippen MR) is 78.3 cm³/mol. The average Bonchev–Trinajstić information content (AvgIpc) is 2.96. The number of aromatic nitrogens is 2. The van der Waals surface area contributed by atoms with Crippen LogP contribution < -0.4 is 0 Å². The van der Waals surface area contributed by atoms with Gasteiger partial charge in [0.2, 0.25) is 5.91 Å². The molecular weight excluding hydrogens is 308 g/mol. The Morgan fingerprint density at radius 3 is 2.63 bits per heavy atom. The van der Waals surface area contributed by atoms with Crippen molar-refractivity contribution in [1.82, 2.24) is 19.6 Å². The van der Waals surface area contributed by atoms with Gasteiger partial charge in [-0.3, -0.25) is 14.4 Å². The Kier molecular flexibility index (Phi) is 5.85. The first-order valence-corrected chi connectivity index (χ1v) is 7.95. The second-order valence-electron chi connectivity index (χ2n) is 4.78. The zero-order chi connectivity index (χ0) is 13.5. The molecule has 1 amide bonds. The summed E-state index contributed by atoms with van der Waals surface area (Å²) in [4.78, 5) is 16.3. The fraction of sp³-hybridized carbons (Fsp3) is 0.692. The van der Waals surface area contributed by atoms with Gasteiger partial charge in [-0.1, -0.05) is 15.9 Å². The Labute approximate surface area is 122 Å². The van der Waals surface area contributed by atoms with E-state index < -0.39 is 0 Å². The molecule has 1 fully saturated rings. The molecule has 0 radical (unpaired) electrons. The second-order valence-corrected chi connectivity index (χ2v) is 5.58. The monoisotopic (exact) mass is 328 g/mol. The molecule has 5 nitrogen and oxygen atoms in total. The normalized spacial score (nSPS) is 16.8. The van der Waals surface area contributed by atoms with E-state index in [0.29, 0.717) is 12.3 Å². The van der Waals surface area contributed by atoms with Gasteiger partial charge in [0, 0.05) is 56.9 Å². The first kappa shape index (κ1) is 14.5. The summed E-state index contributed by atoms with van der Waals surface area (Å²) in [5, 5.41) is 5.10. The van der Waals surface area contributed by atoms with Crippen LogP contribution in [0.1, 0.15) is 12.8 Å². The molecular formula is C13H21BrN4O. The molecule has 0 spiro atoms. The summed E-state index contributed by atoms with van der Waals surface area (Å²) in [6, 6.07) is 1.94. The van der Waals surface area contributed by atoms with Crippen LogP contribution in [0.5, 0.6) is 0 Å². The lowest BCUT2D eigenvalue weighted by atomic mass is 10.2. The van der Waals surface area contributed by atoms with Crippen LogP contribution in [0.25, 0.3) is 0 Å². The highest BCUT2D eigenvalue weighted by atomic mass is 79.9. The zero-order valence-electron chi connectivity index (χ0n) is 11.2. The highest BCUT2D eigenvalue weighted by Gasteiger charge is 2.20. The lowest BCUT2D eigenvalue weighted by molar-refractivity contribution is -0.132. The molecule has 0 atom stereocenters. The highest BCUT2D eigenvalue weighted by molar-refractivity contribution is 9.09. The van der Waals surface area contributed by atoms with E-state index >= 15 is 0 Å². The maximum absolute atomic E-state index is 11.9. The molecule has 0 bridgehead atoms. The molecule has 0 aliphatic carbocycles. The van der Waals surface area contributed by atoms with E-state index in [1.807, 2.05) is 21.8 Å². The van der Waals surface area contributed by atoms with Crippen LogP contribution in [0.15, 0.2) is 18.5 Å². The Bertz CT molecular complexity index is 374. The number of carbonyl (C=O) groups is 1. The van der Waals surface area contributed by atoms with Crippen LogP contribution in [0.2, 0.25) is 0 Å². The molecule has 0 N–H and O–H groups in total. The maximum Gasteiger partial charge on any atom is 0.222 e. The van der Waals surface area contributed by atoms with Crippen molar-refractivity contribution in [2.24, 2.45) is 0 Å². The van der Waals surface area contributed by atoms with Crippen molar-refractivity contribution in [3.63, 3.8) is 0 Å². The minimum atomic E-state index is 0.297. The third-order valence-corrected chi connectivity index (χ3v) is 4.01. The lowest BCUT2D eigenvalue weighted by Gasteiger charge is -2.34. The third-order valence-electron chi connectivity index (χ3n) is 3.45. The van der Waals surface area contributed by atoms with Crippen LogP contribution in [-0.4, -0.2) is 63.5 Å². The van der Waals surface area contributed by atoms with Crippen molar-refractivity contribution in [3.8, 4) is 0 Å². The minimum absolute atomic E-state index is 0.297. The standard InChI is InChI=1S/C13H21BrN4O/c14-4-1-3-13(19)17-10-7-16(8-11-17)9-12-18-6-2-5-15-18/h2,5-6H,1,3-4,7-12H2. The largest absolute Gasteiger partial charge is 0.340 e. The maximum atomic E-state index is 11.9. The van der Waals surface area contributed by atoms with Crippen molar-refractivity contribution in [1.29, 1.82) is 0 Å². The topological polar surface area (TPSA) is 41.4 Å². The molecule has 0 aromatic carbocycles. The number of alkyl halides is 1. The molecule has 2 heterocycles. The summed E-state index contributed by atoms with van der Waals surface area (Å²) >= 11 is 3.36. The highest BCUT2D eigenvalue weighted by Crippen LogP contribution is 2.06. The number of rotatable bonds is 6. The number of nitrogens with zero attached hydrogens (tertiary/aromatic N) is 4. The van der Waals surface area contributed by atoms with Gasteiger partial charge in [0.15, 0.2) is 0 Å². The van der Waals surface area contributed by atoms with E-state index in [9.17, 15) is 4.79 Å². The summed E-state index contributed by atoms with van der Waals surface area (Å²) in [6.07, 6.45) is 5.39. The van der Waals surface area contributed by atoms with Gasteiger partial charge < -0.3 is 4.90 Å². The summed E-state index contributed by atoms with van der Waals surface area (Å²) in [5.74, 6) is 0.297. The number of piperazine rings is 1. The van der Waals surface area contributed by atoms with E-state index in [0.717, 1.165) is 51.0 Å². The van der Waals surface area contributed by atoms with Crippen molar-refractivity contribution in [2.75, 3.05) is 38.1 Å². The van der Waals surface area contributed by atoms with Crippen LogP contribution in [0, 0.1) is 0 Å². The number of hydrogen-bond donors (Lipinski definition) is 0. The van der Waals surface area contributed by atoms with Crippen LogP contribution >= 0.6 is 15.9 Å². The summed E-state index contributed by atoms with van der Waals surface area (Å²) in [6.45, 7) is 5.60. The number of halogens is 1. The molecule has 1 aliphatic rings. The number of hydrogen-bond acceptors (Lipinski definition) is 3. The first-order valence-electron chi connectivity index (χ1n) is 6.83. The van der Waals surface area contributed by atoms with Gasteiger partial charge >= 0.3 is 0 Å². The molecule has 1 aliphatic heterocycles. The van der Waals surface area contributed by atoms with Crippen LogP contribution in [0.3, 0.4) is 0 Å². The van der Waals surface area contributed by atoms with Gasteiger partial charge in [-0.15, -0.1) is 0 Å². The Morgan fingerprint density at radius 2 is 2.00 bits per heavy atom. The Morgan fingerprint density at radius 1 is 1.21 bits per heavy atom. The Balaban J connectivity index is 1.66. The second kappa shape index (κ2) is 7.65. The van der Waals surface area contributed by atoms with E-state index in [2.05, 4.69) is 25.9 Å². The van der Waals surface area contributed by atoms with Crippen molar-refractivity contribution >= 4 is 21.8 Å². The summed E-state index contributed by atoms with van der Waals surface area (Å²) in [5.41, 5.74) is 0. The van der Waals surface area contributed by atoms with Gasteiger partial charge in [-0.05, 0) is 12.5 Å². The molecule has 2 rings (SSSR count). The molecule has 1 saturated heterocycles. The molecule has 0 unspecified atom stereocenters. The fourth-order valence-corrected chi connectivity index (χ4v) is 2.55. The summed E-state index contributed by atoms with van der Waals surface area (Å²) in [7, 11) is 0. The molecule has 19 heavy (non-hydrogen) atoms. The fourth-order valence-electron chi connectivity index (χ4n) is 2.27. The molecule has 106 valence electrons. The molecule has 1 aromatic rings. The van der Waals surface area contributed by atoms with Crippen LogP contribution in [-0.2, 0) is 11.3 Å². The number of carbonyl (C=O) groups excluding carboxylic acids is 1. The third kappa shape index (κ3) is 4.62. The lowest BCUT2D eigenvalue weighted by Crippen LogP contribution is -2.49. The summed E-state index contributed by atoms with van der Waals surface area (Å²) < 4.78 is 1.95. The quantitative estimate of drug-likeness (QED) is 0.737. The van der Waals surface area contributed by atoms with E-state index in [1.54, 1.807) is 6.20 Å². The predicted octanol–water partition coefficient (Wildman–Crippen LogP) is 1.20. The van der Waals surface area contributed by atoms with Gasteiger partial charge in [-0.2, -0.15) is 5.10 Å². The Hall–Kier alpha value is -0.880. The van der Waals surface area contributed by atoms with Crippen molar-refractivity contribution < 1.29 is 4.79 Å². The van der Waals surface area contributed by atoms with Gasteiger partial charge in [0.25, 0.3) is 0 Å². The molecule has 1 aromatic heterocycles. The van der Waals surface area contributed by atoms with Gasteiger partial charge in [0.05, 0.1) is 6.54 Å². The van der Waals surface area contributed by atoms with E-state index in [1.165, 1.54) is 0 Å². The first-order chi connectivity index (χ1) is 9.29. The molecule has 6 heteroatoms. The van der Waals surface area contributed by atoms with Gasteiger partial charge in [-0.25, -0.2) is 0 Å². The average molecular weight is 329 g/mol. The SMILES string of the molecule is O=C(CCCBr)N1CCN(CCn2cccn2)CC1. The molecule has 0 saturated carbocycles. The van der Waals surface area contributed by atoms with E-state index in [4.69, 9.17) is 0 Å². The van der Waals surface area contributed by atoms with E-state index in [-0.39, 0.29) is 0 Å². The smallest absolute Gasteiger partial charge is 0.222 e. The van der Waals surface area contributed by atoms with Crippen molar-refractivity contribution in [3.05, 3.63) is 18.5 Å². The number of amides is 1. The van der Waals surface area contributed by atoms with Crippen LogP contribution in [0.4, 0.5) is 0 Å². The minimum Gasteiger partial charge on any atom is -0.340 e. The van der Waals surface area contributed by atoms with Gasteiger partial charge in [0.1, 0.15) is 0 Å². The van der Waals surface area contributed by atoms with Crippen molar-refractivity contribution in [2.45, 2.75) is 19.4 Å².